The van der Waals surface area contributed by atoms with Gasteiger partial charge in [-0.2, -0.15) is 0 Å². The minimum Gasteiger partial charge on any atom is -0.394 e. The zero-order chi connectivity index (χ0) is 39.6. The molecule has 0 saturated heterocycles. The average Bonchev–Trinajstić information content (AvgIpc) is 3.18. The fourth-order valence-electron chi connectivity index (χ4n) is 7.94. The number of aliphatic hydroxyl groups is 4. The van der Waals surface area contributed by atoms with E-state index in [1.165, 1.54) is 205 Å². The van der Waals surface area contributed by atoms with Gasteiger partial charge in [-0.3, -0.25) is 4.79 Å². The van der Waals surface area contributed by atoms with Crippen molar-refractivity contribution in [1.82, 2.24) is 5.32 Å². The van der Waals surface area contributed by atoms with Crippen molar-refractivity contribution in [3.05, 3.63) is 0 Å². The number of carbonyl (C=O) groups is 1. The van der Waals surface area contributed by atoms with E-state index in [1.54, 1.807) is 0 Å². The van der Waals surface area contributed by atoms with E-state index in [9.17, 15) is 25.2 Å². The second-order valence-electron chi connectivity index (χ2n) is 17.2. The molecule has 5 N–H and O–H groups in total. The second-order valence-corrected chi connectivity index (χ2v) is 17.2. The number of aliphatic hydroxyl groups excluding tert-OH is 4. The topological polar surface area (TPSA) is 110 Å². The van der Waals surface area contributed by atoms with Gasteiger partial charge in [0, 0.05) is 0 Å². The molecular weight excluding hydrogens is 671 g/mol. The lowest BCUT2D eigenvalue weighted by atomic mass is 9.99. The van der Waals surface area contributed by atoms with E-state index in [0.717, 1.165) is 38.5 Å². The molecule has 0 aromatic rings. The van der Waals surface area contributed by atoms with Gasteiger partial charge in [-0.25, -0.2) is 0 Å². The lowest BCUT2D eigenvalue weighted by molar-refractivity contribution is -0.132. The molecule has 0 radical (unpaired) electrons. The van der Waals surface area contributed by atoms with Crippen LogP contribution >= 0.6 is 0 Å². The molecule has 0 rings (SSSR count). The van der Waals surface area contributed by atoms with Crippen molar-refractivity contribution in [2.75, 3.05) is 6.61 Å². The molecule has 6 nitrogen and oxygen atoms in total. The molecule has 1 amide bonds. The molecule has 0 saturated carbocycles. The molecule has 0 unspecified atom stereocenters. The minimum atomic E-state index is -1.25. The molecule has 54 heavy (non-hydrogen) atoms. The standard InChI is InChI=1S/C48H97NO5/c1-3-5-7-9-11-13-15-17-19-21-22-23-24-25-26-28-30-32-34-36-38-40-42-46(52)48(54)49-44(43-50)47(53)45(51)41-39-37-35-33-31-29-27-20-18-16-14-12-10-8-6-4-2/h44-47,50-53H,3-43H2,1-2H3,(H,49,54)/t44-,45+,46+,47-/m0/s1. The number of rotatable bonds is 45. The molecule has 0 spiro atoms. The molecule has 0 aromatic heterocycles. The summed E-state index contributed by atoms with van der Waals surface area (Å²) in [6, 6.07) is -0.979. The highest BCUT2D eigenvalue weighted by atomic mass is 16.3. The molecular formula is C48H97NO5. The summed E-state index contributed by atoms with van der Waals surface area (Å²) in [7, 11) is 0. The van der Waals surface area contributed by atoms with Crippen LogP contribution in [0.2, 0.25) is 0 Å². The summed E-state index contributed by atoms with van der Waals surface area (Å²) in [4.78, 5) is 12.5. The summed E-state index contributed by atoms with van der Waals surface area (Å²) in [5.41, 5.74) is 0. The van der Waals surface area contributed by atoms with Gasteiger partial charge in [0.1, 0.15) is 12.2 Å². The highest BCUT2D eigenvalue weighted by Gasteiger charge is 2.28. The van der Waals surface area contributed by atoms with Crippen LogP contribution in [0.4, 0.5) is 0 Å². The number of unbranched alkanes of at least 4 members (excludes halogenated alkanes) is 36. The van der Waals surface area contributed by atoms with E-state index < -0.39 is 36.9 Å². The molecule has 0 aromatic carbocycles. The normalized spacial score (nSPS) is 14.0. The van der Waals surface area contributed by atoms with Crippen LogP contribution in [-0.2, 0) is 4.79 Å². The van der Waals surface area contributed by atoms with Crippen LogP contribution in [0, 0.1) is 0 Å². The summed E-state index contributed by atoms with van der Waals surface area (Å²) >= 11 is 0. The van der Waals surface area contributed by atoms with Gasteiger partial charge in [0.15, 0.2) is 0 Å². The van der Waals surface area contributed by atoms with Crippen molar-refractivity contribution in [3.8, 4) is 0 Å². The SMILES string of the molecule is CCCCCCCCCCCCCCCCCCCCCCCC[C@@H](O)C(=O)N[C@@H](CO)[C@H](O)[C@H](O)CCCCCCCCCCCCCCCCCC. The van der Waals surface area contributed by atoms with Gasteiger partial charge in [-0.15, -0.1) is 0 Å². The van der Waals surface area contributed by atoms with Gasteiger partial charge < -0.3 is 25.7 Å². The minimum absolute atomic E-state index is 0.376. The first-order valence-corrected chi connectivity index (χ1v) is 24.4. The Hall–Kier alpha value is -0.690. The van der Waals surface area contributed by atoms with E-state index in [2.05, 4.69) is 19.2 Å². The summed E-state index contributed by atoms with van der Waals surface area (Å²) < 4.78 is 0. The van der Waals surface area contributed by atoms with Crippen molar-refractivity contribution >= 4 is 5.91 Å². The van der Waals surface area contributed by atoms with Crippen molar-refractivity contribution in [2.24, 2.45) is 0 Å². The summed E-state index contributed by atoms with van der Waals surface area (Å²) in [5.74, 6) is -0.578. The Morgan fingerprint density at radius 1 is 0.389 bits per heavy atom. The Bertz CT molecular complexity index is 736. The monoisotopic (exact) mass is 768 g/mol. The Morgan fingerprint density at radius 3 is 0.889 bits per heavy atom. The third kappa shape index (κ3) is 36.9. The molecule has 0 heterocycles. The highest BCUT2D eigenvalue weighted by molar-refractivity contribution is 5.80. The van der Waals surface area contributed by atoms with Crippen molar-refractivity contribution in [2.45, 2.75) is 295 Å². The van der Waals surface area contributed by atoms with Crippen LogP contribution < -0.4 is 5.32 Å². The maximum Gasteiger partial charge on any atom is 0.249 e. The molecule has 0 bridgehead atoms. The maximum atomic E-state index is 12.5. The summed E-state index contributed by atoms with van der Waals surface area (Å²) in [5, 5.41) is 43.8. The molecule has 4 atom stereocenters. The predicted octanol–water partition coefficient (Wildman–Crippen LogP) is 13.2. The Morgan fingerprint density at radius 2 is 0.630 bits per heavy atom. The van der Waals surface area contributed by atoms with Gasteiger partial charge in [0.2, 0.25) is 5.91 Å². The Kier molecular flexibility index (Phi) is 42.9. The molecule has 6 heteroatoms. The van der Waals surface area contributed by atoms with E-state index in [4.69, 9.17) is 0 Å². The zero-order valence-electron chi connectivity index (χ0n) is 36.5. The highest BCUT2D eigenvalue weighted by Crippen LogP contribution is 2.18. The Labute approximate surface area is 337 Å². The molecule has 0 aliphatic heterocycles. The summed E-state index contributed by atoms with van der Waals surface area (Å²) in [6.07, 6.45) is 47.1. The number of nitrogens with one attached hydrogen (secondary N) is 1. The van der Waals surface area contributed by atoms with E-state index >= 15 is 0 Å². The number of carbonyl (C=O) groups excluding carboxylic acids is 1. The lowest BCUT2D eigenvalue weighted by Crippen LogP contribution is -2.53. The van der Waals surface area contributed by atoms with E-state index in [1.807, 2.05) is 0 Å². The number of hydrogen-bond acceptors (Lipinski definition) is 5. The molecule has 0 aliphatic carbocycles. The maximum absolute atomic E-state index is 12.5. The first-order chi connectivity index (χ1) is 26.5. The van der Waals surface area contributed by atoms with Gasteiger partial charge in [-0.05, 0) is 12.8 Å². The van der Waals surface area contributed by atoms with Gasteiger partial charge >= 0.3 is 0 Å². The second kappa shape index (κ2) is 43.4. The lowest BCUT2D eigenvalue weighted by Gasteiger charge is -2.27. The molecule has 0 aliphatic rings. The van der Waals surface area contributed by atoms with E-state index in [-0.39, 0.29) is 0 Å². The van der Waals surface area contributed by atoms with Gasteiger partial charge in [-0.1, -0.05) is 258 Å². The first kappa shape index (κ1) is 53.3. The third-order valence-electron chi connectivity index (χ3n) is 11.8. The number of hydrogen-bond donors (Lipinski definition) is 5. The number of amides is 1. The zero-order valence-corrected chi connectivity index (χ0v) is 36.5. The Balaban J connectivity index is 3.64. The van der Waals surface area contributed by atoms with Gasteiger partial charge in [0.05, 0.1) is 18.8 Å². The van der Waals surface area contributed by atoms with Crippen LogP contribution in [0.1, 0.15) is 271 Å². The molecule has 0 fully saturated rings. The molecule has 324 valence electrons. The first-order valence-electron chi connectivity index (χ1n) is 24.4. The predicted molar refractivity (Wildman–Crippen MR) is 233 cm³/mol. The van der Waals surface area contributed by atoms with Crippen molar-refractivity contribution < 1.29 is 25.2 Å². The fourth-order valence-corrected chi connectivity index (χ4v) is 7.94. The van der Waals surface area contributed by atoms with Gasteiger partial charge in [0.25, 0.3) is 0 Å². The van der Waals surface area contributed by atoms with Crippen molar-refractivity contribution in [1.29, 1.82) is 0 Å². The fraction of sp³-hybridized carbons (Fsp3) is 0.979. The average molecular weight is 768 g/mol. The van der Waals surface area contributed by atoms with E-state index in [0.29, 0.717) is 12.8 Å². The van der Waals surface area contributed by atoms with Crippen LogP contribution in [0.25, 0.3) is 0 Å². The third-order valence-corrected chi connectivity index (χ3v) is 11.8. The van der Waals surface area contributed by atoms with Crippen molar-refractivity contribution in [3.63, 3.8) is 0 Å². The van der Waals surface area contributed by atoms with Crippen LogP contribution in [0.15, 0.2) is 0 Å². The largest absolute Gasteiger partial charge is 0.394 e. The van der Waals surface area contributed by atoms with Crippen LogP contribution in [0.5, 0.6) is 0 Å². The van der Waals surface area contributed by atoms with Crippen LogP contribution in [0.3, 0.4) is 0 Å². The summed E-state index contributed by atoms with van der Waals surface area (Å²) in [6.45, 7) is 4.08. The quantitative estimate of drug-likeness (QED) is 0.0396. The smallest absolute Gasteiger partial charge is 0.249 e. The van der Waals surface area contributed by atoms with Crippen LogP contribution in [-0.4, -0.2) is 57.3 Å².